The largest absolute Gasteiger partial charge is 0.390 e. The minimum Gasteiger partial charge on any atom is -0.390 e. The number of hydrogen-bond acceptors (Lipinski definition) is 4. The predicted octanol–water partition coefficient (Wildman–Crippen LogP) is 3.34. The number of aliphatic hydroxyl groups excluding tert-OH is 1. The molecule has 2 heterocycles. The first-order chi connectivity index (χ1) is 12.5. The maximum atomic E-state index is 12.8. The van der Waals surface area contributed by atoms with E-state index in [0.717, 1.165) is 31.5 Å². The second kappa shape index (κ2) is 6.80. The molecule has 1 fully saturated rings. The van der Waals surface area contributed by atoms with Crippen LogP contribution in [0.5, 0.6) is 0 Å². The average Bonchev–Trinajstić information content (AvgIpc) is 3.23. The van der Waals surface area contributed by atoms with Crippen molar-refractivity contribution in [1.82, 2.24) is 10.6 Å². The van der Waals surface area contributed by atoms with Crippen molar-refractivity contribution in [3.63, 3.8) is 0 Å². The highest BCUT2D eigenvalue weighted by Gasteiger charge is 2.52. The molecule has 5 heteroatoms. The molecule has 0 bridgehead atoms. The van der Waals surface area contributed by atoms with Crippen LogP contribution < -0.4 is 10.6 Å². The highest BCUT2D eigenvalue weighted by molar-refractivity contribution is 7.10. The number of thiophene rings is 1. The summed E-state index contributed by atoms with van der Waals surface area (Å²) in [7, 11) is 0. The van der Waals surface area contributed by atoms with Gasteiger partial charge in [-0.05, 0) is 49.0 Å². The third-order valence-corrected chi connectivity index (χ3v) is 7.18. The molecule has 1 aliphatic carbocycles. The summed E-state index contributed by atoms with van der Waals surface area (Å²) < 4.78 is 0. The lowest BCUT2D eigenvalue weighted by Gasteiger charge is -2.38. The van der Waals surface area contributed by atoms with Crippen molar-refractivity contribution in [2.75, 3.05) is 13.1 Å². The molecular weight excluding hydrogens is 344 g/mol. The van der Waals surface area contributed by atoms with Crippen LogP contribution in [0.2, 0.25) is 0 Å². The molecule has 1 aliphatic heterocycles. The van der Waals surface area contributed by atoms with Gasteiger partial charge in [-0.1, -0.05) is 38.1 Å². The Morgan fingerprint density at radius 3 is 2.73 bits per heavy atom. The van der Waals surface area contributed by atoms with E-state index in [4.69, 9.17) is 0 Å². The zero-order chi connectivity index (χ0) is 18.3. The van der Waals surface area contributed by atoms with Gasteiger partial charge < -0.3 is 15.7 Å². The Bertz CT molecular complexity index is 808. The summed E-state index contributed by atoms with van der Waals surface area (Å²) in [6.45, 7) is 6.05. The Hall–Kier alpha value is -1.69. The normalized spacial score (nSPS) is 24.0. The number of carbonyl (C=O) groups excluding carboxylic acids is 1. The molecule has 26 heavy (non-hydrogen) atoms. The molecule has 138 valence electrons. The van der Waals surface area contributed by atoms with E-state index in [-0.39, 0.29) is 17.4 Å². The fourth-order valence-corrected chi connectivity index (χ4v) is 5.37. The Morgan fingerprint density at radius 1 is 1.31 bits per heavy atom. The third-order valence-electron chi connectivity index (χ3n) is 5.95. The van der Waals surface area contributed by atoms with Crippen molar-refractivity contribution >= 4 is 17.2 Å². The zero-order valence-corrected chi connectivity index (χ0v) is 16.1. The van der Waals surface area contributed by atoms with E-state index in [1.165, 1.54) is 10.4 Å². The van der Waals surface area contributed by atoms with Gasteiger partial charge in [0.2, 0.25) is 0 Å². The first-order valence-corrected chi connectivity index (χ1v) is 10.3. The average molecular weight is 371 g/mol. The van der Waals surface area contributed by atoms with Crippen LogP contribution in [-0.2, 0) is 5.41 Å². The smallest absolute Gasteiger partial charge is 0.252 e. The van der Waals surface area contributed by atoms with E-state index < -0.39 is 6.10 Å². The lowest BCUT2D eigenvalue weighted by molar-refractivity contribution is 0.0418. The minimum atomic E-state index is -0.589. The number of amides is 1. The molecule has 0 radical (unpaired) electrons. The second-order valence-corrected chi connectivity index (χ2v) is 8.72. The van der Waals surface area contributed by atoms with Crippen LogP contribution in [-0.4, -0.2) is 30.2 Å². The Balaban J connectivity index is 1.63. The quantitative estimate of drug-likeness (QED) is 0.777. The maximum Gasteiger partial charge on any atom is 0.252 e. The van der Waals surface area contributed by atoms with E-state index in [0.29, 0.717) is 11.5 Å². The van der Waals surface area contributed by atoms with Gasteiger partial charge in [0.15, 0.2) is 0 Å². The molecule has 2 atom stereocenters. The summed E-state index contributed by atoms with van der Waals surface area (Å²) in [5.74, 6) is 0.315. The molecule has 1 amide bonds. The van der Waals surface area contributed by atoms with E-state index in [1.54, 1.807) is 11.3 Å². The van der Waals surface area contributed by atoms with Crippen molar-refractivity contribution in [3.8, 4) is 0 Å². The molecule has 1 aromatic carbocycles. The first kappa shape index (κ1) is 17.7. The topological polar surface area (TPSA) is 61.4 Å². The van der Waals surface area contributed by atoms with Gasteiger partial charge in [-0.2, -0.15) is 0 Å². The summed E-state index contributed by atoms with van der Waals surface area (Å²) in [6, 6.07) is 9.82. The number of aliphatic hydroxyl groups is 1. The molecule has 1 saturated heterocycles. The highest BCUT2D eigenvalue weighted by atomic mass is 32.1. The van der Waals surface area contributed by atoms with Crippen molar-refractivity contribution in [1.29, 1.82) is 0 Å². The van der Waals surface area contributed by atoms with Crippen LogP contribution in [0.25, 0.3) is 0 Å². The van der Waals surface area contributed by atoms with Crippen molar-refractivity contribution in [3.05, 3.63) is 57.3 Å². The van der Waals surface area contributed by atoms with Crippen LogP contribution in [0, 0.1) is 0 Å². The van der Waals surface area contributed by atoms with Gasteiger partial charge in [-0.3, -0.25) is 4.79 Å². The van der Waals surface area contributed by atoms with Gasteiger partial charge in [0.25, 0.3) is 5.91 Å². The number of fused-ring (bicyclic) bond motifs is 2. The standard InChI is InChI=1S/C21H26N2O2S/c1-13(2)17-11-14(12-26-17)20(25)23-18-15-5-3-4-6-16(15)21(19(18)24)7-9-22-10-8-21/h3-6,11-13,18-19,22,24H,7-10H2,1-2H3,(H,23,25)/t18-,19+/m0/s1. The van der Waals surface area contributed by atoms with Crippen LogP contribution in [0.1, 0.15) is 65.0 Å². The summed E-state index contributed by atoms with van der Waals surface area (Å²) in [5.41, 5.74) is 2.70. The molecule has 0 unspecified atom stereocenters. The maximum absolute atomic E-state index is 12.8. The predicted molar refractivity (Wildman–Crippen MR) is 105 cm³/mol. The van der Waals surface area contributed by atoms with Crippen LogP contribution in [0.15, 0.2) is 35.7 Å². The molecule has 3 N–H and O–H groups in total. The number of piperidine rings is 1. The van der Waals surface area contributed by atoms with Crippen molar-refractivity contribution in [2.45, 2.75) is 50.2 Å². The van der Waals surface area contributed by atoms with Gasteiger partial charge in [-0.15, -0.1) is 11.3 Å². The molecule has 2 aromatic rings. The summed E-state index contributed by atoms with van der Waals surface area (Å²) in [6.07, 6.45) is 1.20. The summed E-state index contributed by atoms with van der Waals surface area (Å²) >= 11 is 1.62. The second-order valence-electron chi connectivity index (χ2n) is 7.78. The van der Waals surface area contributed by atoms with E-state index in [9.17, 15) is 9.90 Å². The number of benzene rings is 1. The minimum absolute atomic E-state index is 0.0991. The zero-order valence-electron chi connectivity index (χ0n) is 15.3. The van der Waals surface area contributed by atoms with Gasteiger partial charge in [-0.25, -0.2) is 0 Å². The number of rotatable bonds is 3. The van der Waals surface area contributed by atoms with Gasteiger partial charge in [0.1, 0.15) is 0 Å². The lowest BCUT2D eigenvalue weighted by atomic mass is 9.72. The summed E-state index contributed by atoms with van der Waals surface area (Å²) in [4.78, 5) is 14.0. The summed E-state index contributed by atoms with van der Waals surface area (Å²) in [5, 5.41) is 19.7. The fraction of sp³-hybridized carbons (Fsp3) is 0.476. The third kappa shape index (κ3) is 2.79. The number of nitrogens with one attached hydrogen (secondary N) is 2. The van der Waals surface area contributed by atoms with Gasteiger partial charge >= 0.3 is 0 Å². The van der Waals surface area contributed by atoms with Crippen LogP contribution >= 0.6 is 11.3 Å². The molecule has 4 nitrogen and oxygen atoms in total. The molecule has 1 aromatic heterocycles. The van der Waals surface area contributed by atoms with Crippen molar-refractivity contribution < 1.29 is 9.90 Å². The Labute approximate surface area is 158 Å². The van der Waals surface area contributed by atoms with E-state index >= 15 is 0 Å². The first-order valence-electron chi connectivity index (χ1n) is 9.40. The highest BCUT2D eigenvalue weighted by Crippen LogP contribution is 2.50. The molecule has 0 saturated carbocycles. The fourth-order valence-electron chi connectivity index (χ4n) is 4.46. The molecule has 1 spiro atoms. The van der Waals surface area contributed by atoms with Gasteiger partial charge in [0.05, 0.1) is 17.7 Å². The monoisotopic (exact) mass is 370 g/mol. The van der Waals surface area contributed by atoms with E-state index in [1.807, 2.05) is 29.6 Å². The SMILES string of the molecule is CC(C)c1cc(C(=O)N[C@H]2c3ccccc3C3(CCNCC3)[C@@H]2O)cs1. The molecular formula is C21H26N2O2S. The lowest BCUT2D eigenvalue weighted by Crippen LogP contribution is -2.48. The van der Waals surface area contributed by atoms with Gasteiger partial charge in [0, 0.05) is 15.7 Å². The Morgan fingerprint density at radius 2 is 2.04 bits per heavy atom. The molecule has 4 rings (SSSR count). The van der Waals surface area contributed by atoms with Crippen LogP contribution in [0.3, 0.4) is 0 Å². The number of carbonyl (C=O) groups is 1. The number of hydrogen-bond donors (Lipinski definition) is 3. The van der Waals surface area contributed by atoms with Crippen molar-refractivity contribution in [2.24, 2.45) is 0 Å². The Kier molecular flexibility index (Phi) is 4.63. The van der Waals surface area contributed by atoms with Crippen LogP contribution in [0.4, 0.5) is 0 Å². The van der Waals surface area contributed by atoms with E-state index in [2.05, 4.69) is 30.5 Å². The molecule has 2 aliphatic rings.